The third-order valence-corrected chi connectivity index (χ3v) is 2.46. The Morgan fingerprint density at radius 2 is 2.13 bits per heavy atom. The number of aliphatic imine (C=N–C) groups is 2. The summed E-state index contributed by atoms with van der Waals surface area (Å²) in [5, 5.41) is 1.21. The van der Waals surface area contributed by atoms with Crippen molar-refractivity contribution < 1.29 is 0 Å². The first-order valence-electron chi connectivity index (χ1n) is 4.79. The molecule has 76 valence electrons. The predicted octanol–water partition coefficient (Wildman–Crippen LogP) is 3.15. The highest BCUT2D eigenvalue weighted by Crippen LogP contribution is 2.27. The van der Waals surface area contributed by atoms with Crippen molar-refractivity contribution in [1.82, 2.24) is 4.98 Å². The molecular formula is C12H13N3. The number of rotatable bonds is 2. The van der Waals surface area contributed by atoms with Crippen molar-refractivity contribution >= 4 is 29.8 Å². The van der Waals surface area contributed by atoms with Gasteiger partial charge >= 0.3 is 0 Å². The Morgan fingerprint density at radius 3 is 2.87 bits per heavy atom. The predicted molar refractivity (Wildman–Crippen MR) is 65.5 cm³/mol. The summed E-state index contributed by atoms with van der Waals surface area (Å²) in [4.78, 5) is 11.0. The molecule has 0 unspecified atom stereocenters. The molecule has 0 bridgehead atoms. The van der Waals surface area contributed by atoms with Crippen LogP contribution >= 0.6 is 0 Å². The second-order valence-corrected chi connectivity index (χ2v) is 3.57. The van der Waals surface area contributed by atoms with Crippen LogP contribution in [0.15, 0.2) is 28.2 Å². The molecule has 0 spiro atoms. The van der Waals surface area contributed by atoms with Gasteiger partial charge in [0.15, 0.2) is 0 Å². The molecule has 3 heteroatoms. The average Bonchev–Trinajstić information content (AvgIpc) is 2.52. The fourth-order valence-electron chi connectivity index (χ4n) is 1.67. The first kappa shape index (κ1) is 9.65. The summed E-state index contributed by atoms with van der Waals surface area (Å²) in [6.07, 6.45) is 1.45. The normalized spacial score (nSPS) is 11.3. The fourth-order valence-corrected chi connectivity index (χ4v) is 1.67. The Kier molecular flexibility index (Phi) is 2.37. The van der Waals surface area contributed by atoms with Crippen molar-refractivity contribution in [3.05, 3.63) is 29.3 Å². The van der Waals surface area contributed by atoms with Crippen molar-refractivity contribution in [2.45, 2.75) is 13.8 Å². The van der Waals surface area contributed by atoms with Crippen LogP contribution < -0.4 is 0 Å². The molecule has 0 atom stereocenters. The van der Waals surface area contributed by atoms with E-state index in [9.17, 15) is 0 Å². The molecule has 1 N–H and O–H groups in total. The molecule has 0 amide bonds. The van der Waals surface area contributed by atoms with Gasteiger partial charge in [0.1, 0.15) is 12.2 Å². The van der Waals surface area contributed by atoms with Crippen molar-refractivity contribution in [3.63, 3.8) is 0 Å². The largest absolute Gasteiger partial charge is 0.339 e. The molecule has 0 saturated carbocycles. The molecule has 2 aromatic rings. The number of aryl methyl sites for hydroxylation is 2. The molecule has 0 saturated heterocycles. The van der Waals surface area contributed by atoms with E-state index in [4.69, 9.17) is 0 Å². The lowest BCUT2D eigenvalue weighted by molar-refractivity contribution is 1.33. The van der Waals surface area contributed by atoms with Crippen molar-refractivity contribution in [2.75, 3.05) is 0 Å². The molecule has 0 aliphatic carbocycles. The van der Waals surface area contributed by atoms with Gasteiger partial charge in [-0.2, -0.15) is 0 Å². The molecule has 0 radical (unpaired) electrons. The van der Waals surface area contributed by atoms with E-state index < -0.39 is 0 Å². The SMILES string of the molecule is C=N/C=N\c1[nH]c2cc(C)ccc2c1C. The van der Waals surface area contributed by atoms with Gasteiger partial charge in [-0.25, -0.2) is 4.99 Å². The van der Waals surface area contributed by atoms with E-state index in [-0.39, 0.29) is 0 Å². The molecule has 0 aliphatic rings. The monoisotopic (exact) mass is 199 g/mol. The van der Waals surface area contributed by atoms with Crippen LogP contribution in [0, 0.1) is 13.8 Å². The van der Waals surface area contributed by atoms with Gasteiger partial charge in [-0.15, -0.1) is 0 Å². The zero-order chi connectivity index (χ0) is 10.8. The van der Waals surface area contributed by atoms with E-state index in [2.05, 4.69) is 46.8 Å². The number of hydrogen-bond acceptors (Lipinski definition) is 1. The Balaban J connectivity index is 2.63. The summed E-state index contributed by atoms with van der Waals surface area (Å²) >= 11 is 0. The highest BCUT2D eigenvalue weighted by atomic mass is 15.0. The smallest absolute Gasteiger partial charge is 0.135 e. The highest BCUT2D eigenvalue weighted by Gasteiger charge is 2.05. The molecule has 1 aromatic heterocycles. The molecule has 1 heterocycles. The lowest BCUT2D eigenvalue weighted by Crippen LogP contribution is -1.71. The Bertz CT molecular complexity index is 535. The first-order chi connectivity index (χ1) is 7.22. The minimum atomic E-state index is 0.850. The number of aromatic amines is 1. The van der Waals surface area contributed by atoms with E-state index >= 15 is 0 Å². The van der Waals surface area contributed by atoms with Crippen LogP contribution in [-0.2, 0) is 0 Å². The standard InChI is InChI=1S/C12H13N3/c1-8-4-5-10-9(2)12(14-7-13-3)15-11(10)6-8/h4-7,15H,3H2,1-2H3/b14-7-. The van der Waals surface area contributed by atoms with E-state index in [1.54, 1.807) is 0 Å². The van der Waals surface area contributed by atoms with Crippen molar-refractivity contribution in [2.24, 2.45) is 9.98 Å². The van der Waals surface area contributed by atoms with Crippen molar-refractivity contribution in [1.29, 1.82) is 0 Å². The van der Waals surface area contributed by atoms with Crippen LogP contribution in [0.25, 0.3) is 10.9 Å². The minimum absolute atomic E-state index is 0.850. The van der Waals surface area contributed by atoms with E-state index in [0.717, 1.165) is 16.9 Å². The molecule has 15 heavy (non-hydrogen) atoms. The maximum absolute atomic E-state index is 4.18. The zero-order valence-electron chi connectivity index (χ0n) is 8.91. The van der Waals surface area contributed by atoms with Crippen LogP contribution in [0.4, 0.5) is 5.82 Å². The van der Waals surface area contributed by atoms with E-state index in [1.165, 1.54) is 17.3 Å². The molecular weight excluding hydrogens is 186 g/mol. The molecule has 0 aliphatic heterocycles. The maximum atomic E-state index is 4.18. The Hall–Kier alpha value is -1.90. The lowest BCUT2D eigenvalue weighted by atomic mass is 10.1. The van der Waals surface area contributed by atoms with Gasteiger partial charge in [-0.3, -0.25) is 4.99 Å². The zero-order valence-corrected chi connectivity index (χ0v) is 8.91. The Labute approximate surface area is 88.6 Å². The number of H-pyrrole nitrogens is 1. The van der Waals surface area contributed by atoms with Crippen LogP contribution in [0.5, 0.6) is 0 Å². The summed E-state index contributed by atoms with van der Waals surface area (Å²) in [6, 6.07) is 6.32. The summed E-state index contributed by atoms with van der Waals surface area (Å²) < 4.78 is 0. The van der Waals surface area contributed by atoms with E-state index in [0.29, 0.717) is 0 Å². The Morgan fingerprint density at radius 1 is 1.33 bits per heavy atom. The molecule has 2 rings (SSSR count). The van der Waals surface area contributed by atoms with Gasteiger partial charge in [-0.05, 0) is 32.2 Å². The third-order valence-electron chi connectivity index (χ3n) is 2.46. The second kappa shape index (κ2) is 3.69. The molecule has 1 aromatic carbocycles. The highest BCUT2D eigenvalue weighted by molar-refractivity contribution is 5.89. The summed E-state index contributed by atoms with van der Waals surface area (Å²) in [6.45, 7) is 7.48. The van der Waals surface area contributed by atoms with Crippen molar-refractivity contribution in [3.8, 4) is 0 Å². The van der Waals surface area contributed by atoms with Gasteiger partial charge in [0.05, 0.1) is 0 Å². The van der Waals surface area contributed by atoms with Crippen LogP contribution in [0.2, 0.25) is 0 Å². The number of benzene rings is 1. The minimum Gasteiger partial charge on any atom is -0.339 e. The van der Waals surface area contributed by atoms with Gasteiger partial charge in [0, 0.05) is 16.5 Å². The first-order valence-corrected chi connectivity index (χ1v) is 4.79. The fraction of sp³-hybridized carbons (Fsp3) is 0.167. The topological polar surface area (TPSA) is 40.5 Å². The van der Waals surface area contributed by atoms with Gasteiger partial charge < -0.3 is 4.98 Å². The number of nitrogens with one attached hydrogen (secondary N) is 1. The quantitative estimate of drug-likeness (QED) is 0.570. The average molecular weight is 199 g/mol. The molecule has 0 fully saturated rings. The van der Waals surface area contributed by atoms with Crippen LogP contribution in [0.1, 0.15) is 11.1 Å². The van der Waals surface area contributed by atoms with Gasteiger partial charge in [0.2, 0.25) is 0 Å². The summed E-state index contributed by atoms with van der Waals surface area (Å²) in [5.74, 6) is 0.850. The summed E-state index contributed by atoms with van der Waals surface area (Å²) in [5.41, 5.74) is 3.50. The number of nitrogens with zero attached hydrogens (tertiary/aromatic N) is 2. The third kappa shape index (κ3) is 1.68. The summed E-state index contributed by atoms with van der Waals surface area (Å²) in [7, 11) is 0. The lowest BCUT2D eigenvalue weighted by Gasteiger charge is -1.92. The number of fused-ring (bicyclic) bond motifs is 1. The van der Waals surface area contributed by atoms with Gasteiger partial charge in [-0.1, -0.05) is 12.1 Å². The molecule has 3 nitrogen and oxygen atoms in total. The van der Waals surface area contributed by atoms with E-state index in [1.807, 2.05) is 6.92 Å². The van der Waals surface area contributed by atoms with Gasteiger partial charge in [0.25, 0.3) is 0 Å². The van der Waals surface area contributed by atoms with Crippen LogP contribution in [0.3, 0.4) is 0 Å². The second-order valence-electron chi connectivity index (χ2n) is 3.57. The number of hydrogen-bond donors (Lipinski definition) is 1. The maximum Gasteiger partial charge on any atom is 0.135 e. The number of aromatic nitrogens is 1. The van der Waals surface area contributed by atoms with Crippen LogP contribution in [-0.4, -0.2) is 18.0 Å².